The van der Waals surface area contributed by atoms with Gasteiger partial charge in [0.15, 0.2) is 11.6 Å². The van der Waals surface area contributed by atoms with E-state index in [1.807, 2.05) is 22.6 Å². The highest BCUT2D eigenvalue weighted by atomic mass is 127. The number of rotatable bonds is 5. The van der Waals surface area contributed by atoms with Crippen LogP contribution < -0.4 is 4.72 Å². The Balaban J connectivity index is 2.04. The van der Waals surface area contributed by atoms with E-state index in [1.165, 1.54) is 29.5 Å². The van der Waals surface area contributed by atoms with E-state index in [0.717, 1.165) is 12.1 Å². The van der Waals surface area contributed by atoms with Crippen molar-refractivity contribution in [1.29, 1.82) is 0 Å². The molecule has 0 aliphatic heterocycles. The van der Waals surface area contributed by atoms with Crippen LogP contribution in [-0.4, -0.2) is 8.42 Å². The summed E-state index contributed by atoms with van der Waals surface area (Å²) in [5.74, 6) is -2.92. The zero-order chi connectivity index (χ0) is 19.8. The van der Waals surface area contributed by atoms with E-state index in [9.17, 15) is 21.6 Å². The molecular formula is C18H13F3INO2S2. The molecule has 3 aromatic rings. The number of halogens is 4. The normalized spacial score (nSPS) is 11.6. The third-order valence-corrected chi connectivity index (χ3v) is 7.08. The monoisotopic (exact) mass is 523 g/mol. The number of benzene rings is 2. The average molecular weight is 523 g/mol. The van der Waals surface area contributed by atoms with Gasteiger partial charge >= 0.3 is 0 Å². The molecule has 2 aromatic carbocycles. The number of hydrogen-bond donors (Lipinski definition) is 1. The minimum Gasteiger partial charge on any atom is -0.279 e. The molecule has 0 spiro atoms. The molecule has 0 radical (unpaired) electrons. The highest BCUT2D eigenvalue weighted by Gasteiger charge is 2.22. The molecule has 0 amide bonds. The zero-order valence-electron chi connectivity index (χ0n) is 13.9. The van der Waals surface area contributed by atoms with Gasteiger partial charge in [0, 0.05) is 20.4 Å². The Hall–Kier alpha value is -1.59. The van der Waals surface area contributed by atoms with Crippen molar-refractivity contribution in [2.24, 2.45) is 0 Å². The van der Waals surface area contributed by atoms with Crippen molar-refractivity contribution in [3.05, 3.63) is 78.8 Å². The topological polar surface area (TPSA) is 46.2 Å². The van der Waals surface area contributed by atoms with E-state index in [1.54, 1.807) is 18.4 Å². The quantitative estimate of drug-likeness (QED) is 0.451. The van der Waals surface area contributed by atoms with Gasteiger partial charge in [0.1, 0.15) is 10.7 Å². The van der Waals surface area contributed by atoms with E-state index in [4.69, 9.17) is 0 Å². The SMILES string of the molecule is Cc1sccc1S(=O)(=O)Nc1ccc(F)c(F)c1Cc1ccc(I)cc1F. The Morgan fingerprint density at radius 2 is 1.81 bits per heavy atom. The Kier molecular flexibility index (Phi) is 5.82. The van der Waals surface area contributed by atoms with Gasteiger partial charge in [-0.1, -0.05) is 6.07 Å². The lowest BCUT2D eigenvalue weighted by Gasteiger charge is -2.14. The number of hydrogen-bond acceptors (Lipinski definition) is 3. The van der Waals surface area contributed by atoms with Gasteiger partial charge in [-0.05, 0) is 70.8 Å². The van der Waals surface area contributed by atoms with Crippen molar-refractivity contribution in [3.8, 4) is 0 Å². The molecule has 27 heavy (non-hydrogen) atoms. The van der Waals surface area contributed by atoms with E-state index in [2.05, 4.69) is 4.72 Å². The van der Waals surface area contributed by atoms with Gasteiger partial charge in [-0.3, -0.25) is 4.72 Å². The van der Waals surface area contributed by atoms with Crippen LogP contribution in [0.3, 0.4) is 0 Å². The van der Waals surface area contributed by atoms with Gasteiger partial charge in [-0.15, -0.1) is 11.3 Å². The summed E-state index contributed by atoms with van der Waals surface area (Å²) < 4.78 is 70.5. The third-order valence-electron chi connectivity index (χ3n) is 3.92. The second-order valence-electron chi connectivity index (χ2n) is 5.75. The van der Waals surface area contributed by atoms with Gasteiger partial charge in [0.05, 0.1) is 5.69 Å². The van der Waals surface area contributed by atoms with E-state index < -0.39 is 27.5 Å². The molecule has 0 saturated heterocycles. The number of nitrogens with one attached hydrogen (secondary N) is 1. The molecule has 0 saturated carbocycles. The summed E-state index contributed by atoms with van der Waals surface area (Å²) in [7, 11) is -3.99. The summed E-state index contributed by atoms with van der Waals surface area (Å²) in [6.45, 7) is 1.65. The molecule has 142 valence electrons. The maximum Gasteiger partial charge on any atom is 0.262 e. The van der Waals surface area contributed by atoms with Gasteiger partial charge in [0.25, 0.3) is 10.0 Å². The van der Waals surface area contributed by atoms with Crippen LogP contribution in [0.2, 0.25) is 0 Å². The lowest BCUT2D eigenvalue weighted by atomic mass is 10.0. The Bertz CT molecular complexity index is 1110. The third kappa shape index (κ3) is 4.30. The van der Waals surface area contributed by atoms with Crippen molar-refractivity contribution in [2.45, 2.75) is 18.2 Å². The molecule has 3 rings (SSSR count). The second-order valence-corrected chi connectivity index (χ2v) is 9.76. The predicted octanol–water partition coefficient (Wildman–Crippen LogP) is 5.47. The predicted molar refractivity (Wildman–Crippen MR) is 108 cm³/mol. The Morgan fingerprint density at radius 1 is 1.07 bits per heavy atom. The summed E-state index contributed by atoms with van der Waals surface area (Å²) in [6.07, 6.45) is -0.299. The average Bonchev–Trinajstić information content (AvgIpc) is 3.03. The van der Waals surface area contributed by atoms with Crippen molar-refractivity contribution in [3.63, 3.8) is 0 Å². The zero-order valence-corrected chi connectivity index (χ0v) is 17.7. The van der Waals surface area contributed by atoms with Crippen LogP contribution in [0.5, 0.6) is 0 Å². The standard InChI is InChI=1S/C18H13F3INO2S2/c1-10-17(6-7-26-10)27(24,25)23-16-5-4-14(19)18(21)13(16)8-11-2-3-12(22)9-15(11)20/h2-7,9,23H,8H2,1H3. The molecule has 3 nitrogen and oxygen atoms in total. The first-order valence-electron chi connectivity index (χ1n) is 7.67. The minimum atomic E-state index is -3.99. The molecule has 0 unspecified atom stereocenters. The van der Waals surface area contributed by atoms with Crippen LogP contribution >= 0.6 is 33.9 Å². The maximum atomic E-state index is 14.4. The molecule has 0 fully saturated rings. The second kappa shape index (κ2) is 7.80. The number of anilines is 1. The number of aryl methyl sites for hydroxylation is 1. The van der Waals surface area contributed by atoms with Crippen LogP contribution in [0.4, 0.5) is 18.9 Å². The van der Waals surface area contributed by atoms with Gasteiger partial charge in [-0.2, -0.15) is 0 Å². The van der Waals surface area contributed by atoms with E-state index in [0.29, 0.717) is 8.45 Å². The fourth-order valence-electron chi connectivity index (χ4n) is 2.57. The summed E-state index contributed by atoms with van der Waals surface area (Å²) in [5, 5.41) is 1.62. The summed E-state index contributed by atoms with van der Waals surface area (Å²) in [6, 6.07) is 7.77. The van der Waals surface area contributed by atoms with Crippen molar-refractivity contribution in [2.75, 3.05) is 4.72 Å². The summed E-state index contributed by atoms with van der Waals surface area (Å²) in [5.41, 5.74) is -0.254. The molecule has 0 aliphatic rings. The molecule has 0 atom stereocenters. The van der Waals surface area contributed by atoms with Gasteiger partial charge in [-0.25, -0.2) is 21.6 Å². The van der Waals surface area contributed by atoms with Crippen LogP contribution in [-0.2, 0) is 16.4 Å². The molecule has 1 N–H and O–H groups in total. The first-order chi connectivity index (χ1) is 12.7. The molecule has 0 aliphatic carbocycles. The minimum absolute atomic E-state index is 0.0589. The van der Waals surface area contributed by atoms with Gasteiger partial charge < -0.3 is 0 Å². The molecule has 1 aromatic heterocycles. The highest BCUT2D eigenvalue weighted by Crippen LogP contribution is 2.29. The van der Waals surface area contributed by atoms with E-state index in [-0.39, 0.29) is 28.1 Å². The first kappa shape index (κ1) is 20.2. The Labute approximate surface area is 172 Å². The smallest absolute Gasteiger partial charge is 0.262 e. The van der Waals surface area contributed by atoms with Crippen LogP contribution in [0.25, 0.3) is 0 Å². The summed E-state index contributed by atoms with van der Waals surface area (Å²) >= 11 is 3.19. The number of thiophene rings is 1. The Morgan fingerprint density at radius 3 is 2.44 bits per heavy atom. The van der Waals surface area contributed by atoms with E-state index >= 15 is 0 Å². The first-order valence-corrected chi connectivity index (χ1v) is 11.1. The molecule has 9 heteroatoms. The van der Waals surface area contributed by atoms with Crippen LogP contribution in [0.15, 0.2) is 46.7 Å². The summed E-state index contributed by atoms with van der Waals surface area (Å²) in [4.78, 5) is 0.624. The van der Waals surface area contributed by atoms with Crippen molar-refractivity contribution in [1.82, 2.24) is 0 Å². The largest absolute Gasteiger partial charge is 0.279 e. The molecular weight excluding hydrogens is 510 g/mol. The fourth-order valence-corrected chi connectivity index (χ4v) is 5.39. The van der Waals surface area contributed by atoms with Gasteiger partial charge in [0.2, 0.25) is 0 Å². The maximum absolute atomic E-state index is 14.4. The number of sulfonamides is 1. The lowest BCUT2D eigenvalue weighted by molar-refractivity contribution is 0.500. The molecule has 0 bridgehead atoms. The lowest BCUT2D eigenvalue weighted by Crippen LogP contribution is -2.15. The van der Waals surface area contributed by atoms with Crippen LogP contribution in [0, 0.1) is 27.9 Å². The van der Waals surface area contributed by atoms with Crippen molar-refractivity contribution < 1.29 is 21.6 Å². The molecule has 1 heterocycles. The highest BCUT2D eigenvalue weighted by molar-refractivity contribution is 14.1. The van der Waals surface area contributed by atoms with Crippen LogP contribution in [0.1, 0.15) is 16.0 Å². The van der Waals surface area contributed by atoms with Crippen molar-refractivity contribution >= 4 is 49.6 Å². The fraction of sp³-hybridized carbons (Fsp3) is 0.111.